The maximum Gasteiger partial charge on any atom is 0.275 e. The van der Waals surface area contributed by atoms with Gasteiger partial charge in [0, 0.05) is 23.7 Å². The van der Waals surface area contributed by atoms with E-state index in [0.717, 1.165) is 23.8 Å². The van der Waals surface area contributed by atoms with Gasteiger partial charge < -0.3 is 4.90 Å². The number of aryl methyl sites for hydroxylation is 1. The molecule has 0 saturated carbocycles. The Kier molecular flexibility index (Phi) is 3.54. The van der Waals surface area contributed by atoms with Crippen molar-refractivity contribution in [3.8, 4) is 0 Å². The van der Waals surface area contributed by atoms with Crippen LogP contribution in [0.2, 0.25) is 0 Å². The summed E-state index contributed by atoms with van der Waals surface area (Å²) < 4.78 is 1.38. The van der Waals surface area contributed by atoms with E-state index in [9.17, 15) is 4.79 Å². The van der Waals surface area contributed by atoms with Crippen LogP contribution in [0.5, 0.6) is 0 Å². The first-order valence-corrected chi connectivity index (χ1v) is 8.00. The lowest BCUT2D eigenvalue weighted by Crippen LogP contribution is -2.18. The van der Waals surface area contributed by atoms with Crippen molar-refractivity contribution >= 4 is 32.8 Å². The molecule has 0 aromatic carbocycles. The van der Waals surface area contributed by atoms with Crippen molar-refractivity contribution in [1.29, 1.82) is 0 Å². The van der Waals surface area contributed by atoms with Crippen LogP contribution in [0.25, 0.3) is 4.96 Å². The first kappa shape index (κ1) is 13.3. The summed E-state index contributed by atoms with van der Waals surface area (Å²) in [6.07, 6.45) is 0.754. The van der Waals surface area contributed by atoms with Crippen LogP contribution in [0.3, 0.4) is 0 Å². The molecule has 0 aliphatic rings. The Morgan fingerprint density at radius 1 is 1.45 bits per heavy atom. The highest BCUT2D eigenvalue weighted by atomic mass is 32.1. The van der Waals surface area contributed by atoms with Crippen molar-refractivity contribution in [2.45, 2.75) is 19.9 Å². The lowest BCUT2D eigenvalue weighted by Gasteiger charge is -2.13. The molecule has 0 saturated heterocycles. The number of rotatable bonds is 4. The number of anilines is 1. The van der Waals surface area contributed by atoms with Crippen LogP contribution in [0, 0.1) is 0 Å². The molecule has 20 heavy (non-hydrogen) atoms. The van der Waals surface area contributed by atoms with Crippen LogP contribution < -0.4 is 10.5 Å². The Morgan fingerprint density at radius 3 is 3.00 bits per heavy atom. The van der Waals surface area contributed by atoms with Crippen molar-refractivity contribution in [3.63, 3.8) is 0 Å². The molecule has 0 atom stereocenters. The fourth-order valence-corrected chi connectivity index (χ4v) is 3.53. The van der Waals surface area contributed by atoms with E-state index in [-0.39, 0.29) is 5.56 Å². The molecule has 0 unspecified atom stereocenters. The third kappa shape index (κ3) is 2.46. The van der Waals surface area contributed by atoms with E-state index in [1.54, 1.807) is 17.4 Å². The second-order valence-electron chi connectivity index (χ2n) is 4.45. The van der Waals surface area contributed by atoms with Gasteiger partial charge in [0.05, 0.1) is 6.54 Å². The minimum atomic E-state index is -0.112. The fraction of sp³-hybridized carbons (Fsp3) is 0.308. The average Bonchev–Trinajstić information content (AvgIpc) is 3.07. The summed E-state index contributed by atoms with van der Waals surface area (Å²) in [6.45, 7) is 2.77. The average molecular weight is 306 g/mol. The monoisotopic (exact) mass is 306 g/mol. The predicted molar refractivity (Wildman–Crippen MR) is 82.9 cm³/mol. The zero-order valence-corrected chi connectivity index (χ0v) is 12.9. The Balaban J connectivity index is 1.96. The summed E-state index contributed by atoms with van der Waals surface area (Å²) in [4.78, 5) is 20.4. The molecule has 3 aromatic heterocycles. The molecule has 3 heterocycles. The minimum absolute atomic E-state index is 0.112. The number of fused-ring (bicyclic) bond motifs is 1. The van der Waals surface area contributed by atoms with Crippen molar-refractivity contribution in [2.75, 3.05) is 11.9 Å². The van der Waals surface area contributed by atoms with Gasteiger partial charge in [-0.15, -0.1) is 16.4 Å². The Morgan fingerprint density at radius 2 is 2.30 bits per heavy atom. The molecule has 0 N–H and O–H groups in total. The molecule has 104 valence electrons. The standard InChI is InChI=1S/C13H14N4OS2/c1-3-9-7-11(18)17-12(14-9)20-13(15-17)16(2)8-10-5-4-6-19-10/h4-7H,3,8H2,1-2H3. The first-order valence-electron chi connectivity index (χ1n) is 6.30. The van der Waals surface area contributed by atoms with Crippen LogP contribution in [-0.4, -0.2) is 21.6 Å². The number of thiophene rings is 1. The summed E-state index contributed by atoms with van der Waals surface area (Å²) in [5.74, 6) is 0. The molecular formula is C13H14N4OS2. The second kappa shape index (κ2) is 5.34. The van der Waals surface area contributed by atoms with E-state index in [1.165, 1.54) is 20.7 Å². The summed E-state index contributed by atoms with van der Waals surface area (Å²) in [6, 6.07) is 5.68. The molecule has 5 nitrogen and oxygen atoms in total. The largest absolute Gasteiger partial charge is 0.345 e. The van der Waals surface area contributed by atoms with E-state index < -0.39 is 0 Å². The highest BCUT2D eigenvalue weighted by Crippen LogP contribution is 2.23. The molecule has 7 heteroatoms. The van der Waals surface area contributed by atoms with Gasteiger partial charge in [-0.3, -0.25) is 4.79 Å². The fourth-order valence-electron chi connectivity index (χ4n) is 1.89. The van der Waals surface area contributed by atoms with Crippen LogP contribution in [0.1, 0.15) is 17.5 Å². The summed E-state index contributed by atoms with van der Waals surface area (Å²) in [5.41, 5.74) is 0.699. The zero-order chi connectivity index (χ0) is 14.1. The van der Waals surface area contributed by atoms with Crippen LogP contribution in [0.4, 0.5) is 5.13 Å². The topological polar surface area (TPSA) is 50.5 Å². The summed E-state index contributed by atoms with van der Waals surface area (Å²) in [5, 5.41) is 7.22. The van der Waals surface area contributed by atoms with E-state index in [2.05, 4.69) is 21.5 Å². The highest BCUT2D eigenvalue weighted by Gasteiger charge is 2.12. The van der Waals surface area contributed by atoms with Crippen LogP contribution in [0.15, 0.2) is 28.4 Å². The highest BCUT2D eigenvalue weighted by molar-refractivity contribution is 7.20. The third-order valence-corrected chi connectivity index (χ3v) is 4.83. The van der Waals surface area contributed by atoms with Gasteiger partial charge in [-0.05, 0) is 17.9 Å². The van der Waals surface area contributed by atoms with Gasteiger partial charge >= 0.3 is 0 Å². The molecule has 0 bridgehead atoms. The minimum Gasteiger partial charge on any atom is -0.345 e. The lowest BCUT2D eigenvalue weighted by atomic mass is 10.3. The molecule has 0 radical (unpaired) electrons. The zero-order valence-electron chi connectivity index (χ0n) is 11.2. The smallest absolute Gasteiger partial charge is 0.275 e. The SMILES string of the molecule is CCc1cc(=O)n2nc(N(C)Cc3cccs3)sc2n1. The summed E-state index contributed by atoms with van der Waals surface area (Å²) >= 11 is 3.16. The van der Waals surface area contributed by atoms with Gasteiger partial charge in [0.15, 0.2) is 0 Å². The molecule has 0 spiro atoms. The van der Waals surface area contributed by atoms with E-state index in [4.69, 9.17) is 0 Å². The van der Waals surface area contributed by atoms with Gasteiger partial charge in [-0.1, -0.05) is 24.3 Å². The van der Waals surface area contributed by atoms with Crippen LogP contribution >= 0.6 is 22.7 Å². The maximum atomic E-state index is 12.0. The van der Waals surface area contributed by atoms with E-state index in [0.29, 0.717) is 4.96 Å². The maximum absolute atomic E-state index is 12.0. The normalized spacial score (nSPS) is 11.1. The number of nitrogens with zero attached hydrogens (tertiary/aromatic N) is 4. The molecule has 0 fully saturated rings. The van der Waals surface area contributed by atoms with Gasteiger partial charge in [-0.2, -0.15) is 4.52 Å². The van der Waals surface area contributed by atoms with E-state index in [1.807, 2.05) is 24.9 Å². The quantitative estimate of drug-likeness (QED) is 0.743. The lowest BCUT2D eigenvalue weighted by molar-refractivity contribution is 0.840. The Labute approximate surface area is 124 Å². The van der Waals surface area contributed by atoms with Gasteiger partial charge in [0.1, 0.15) is 0 Å². The molecule has 0 amide bonds. The van der Waals surface area contributed by atoms with Crippen molar-refractivity contribution in [3.05, 3.63) is 44.5 Å². The van der Waals surface area contributed by atoms with Crippen molar-refractivity contribution in [2.24, 2.45) is 0 Å². The Bertz CT molecular complexity index is 775. The molecule has 0 aliphatic carbocycles. The Hall–Kier alpha value is -1.73. The van der Waals surface area contributed by atoms with Gasteiger partial charge in [0.2, 0.25) is 10.1 Å². The van der Waals surface area contributed by atoms with Crippen molar-refractivity contribution < 1.29 is 0 Å². The number of aromatic nitrogens is 3. The van der Waals surface area contributed by atoms with Crippen molar-refractivity contribution in [1.82, 2.24) is 14.6 Å². The first-order chi connectivity index (χ1) is 9.67. The summed E-state index contributed by atoms with van der Waals surface area (Å²) in [7, 11) is 1.98. The second-order valence-corrected chi connectivity index (χ2v) is 6.42. The molecule has 3 aromatic rings. The van der Waals surface area contributed by atoms with Gasteiger partial charge in [-0.25, -0.2) is 4.98 Å². The number of hydrogen-bond donors (Lipinski definition) is 0. The molecule has 0 aliphatic heterocycles. The predicted octanol–water partition coefficient (Wildman–Crippen LogP) is 2.41. The third-order valence-electron chi connectivity index (χ3n) is 2.95. The van der Waals surface area contributed by atoms with Gasteiger partial charge in [0.25, 0.3) is 5.56 Å². The van der Waals surface area contributed by atoms with Crippen LogP contribution in [-0.2, 0) is 13.0 Å². The van der Waals surface area contributed by atoms with E-state index >= 15 is 0 Å². The molecular weight excluding hydrogens is 292 g/mol. The molecule has 3 rings (SSSR count). The number of hydrogen-bond acceptors (Lipinski definition) is 6.